The van der Waals surface area contributed by atoms with Crippen molar-refractivity contribution in [3.05, 3.63) is 22.8 Å². The van der Waals surface area contributed by atoms with Crippen LogP contribution in [0.2, 0.25) is 5.15 Å². The van der Waals surface area contributed by atoms with Gasteiger partial charge in [0.25, 0.3) is 0 Å². The Kier molecular flexibility index (Phi) is 5.90. The molecule has 0 amide bonds. The monoisotopic (exact) mass is 266 g/mol. The number of aromatic nitrogens is 1. The third kappa shape index (κ3) is 4.52. The van der Waals surface area contributed by atoms with Crippen molar-refractivity contribution in [2.75, 3.05) is 25.5 Å². The molecule has 18 heavy (non-hydrogen) atoms. The molecule has 1 aromatic rings. The molecule has 1 atom stereocenters. The summed E-state index contributed by atoms with van der Waals surface area (Å²) in [7, 11) is 2.10. The molecule has 0 saturated carbocycles. The van der Waals surface area contributed by atoms with Crippen molar-refractivity contribution < 1.29 is 0 Å². The maximum Gasteiger partial charge on any atom is 0.132 e. The number of anilines is 1. The van der Waals surface area contributed by atoms with Crippen LogP contribution in [0.1, 0.15) is 25.8 Å². The number of pyridine rings is 1. The molecule has 1 aromatic heterocycles. The van der Waals surface area contributed by atoms with Gasteiger partial charge in [-0.05, 0) is 32.5 Å². The summed E-state index contributed by atoms with van der Waals surface area (Å²) >= 11 is 5.83. The lowest BCUT2D eigenvalue weighted by atomic mass is 10.2. The number of hydrogen-bond donors (Lipinski definition) is 1. The number of hydrogen-bond acceptors (Lipinski definition) is 4. The third-order valence-electron chi connectivity index (χ3n) is 3.04. The largest absolute Gasteiger partial charge is 0.369 e. The number of nitrogens with one attached hydrogen (secondary N) is 1. The van der Waals surface area contributed by atoms with Crippen molar-refractivity contribution >= 4 is 17.4 Å². The van der Waals surface area contributed by atoms with Crippen LogP contribution in [0.5, 0.6) is 0 Å². The Balaban J connectivity index is 2.49. The maximum atomic E-state index is 8.83. The Bertz CT molecular complexity index is 427. The second kappa shape index (κ2) is 7.20. The number of halogens is 1. The summed E-state index contributed by atoms with van der Waals surface area (Å²) in [6, 6.07) is 5.88. The van der Waals surface area contributed by atoms with E-state index in [4.69, 9.17) is 16.9 Å². The smallest absolute Gasteiger partial charge is 0.132 e. The van der Waals surface area contributed by atoms with E-state index in [0.717, 1.165) is 19.5 Å². The fourth-order valence-corrected chi connectivity index (χ4v) is 1.75. The number of likely N-dealkylation sites (N-methyl/N-ethyl adjacent to an activating group) is 1. The molecule has 0 aliphatic carbocycles. The summed E-state index contributed by atoms with van der Waals surface area (Å²) in [5, 5.41) is 12.4. The molecule has 0 aliphatic rings. The lowest BCUT2D eigenvalue weighted by molar-refractivity contribution is 0.261. The zero-order valence-electron chi connectivity index (χ0n) is 11.1. The third-order valence-corrected chi connectivity index (χ3v) is 3.23. The normalized spacial score (nSPS) is 12.2. The molecule has 0 radical (unpaired) electrons. The van der Waals surface area contributed by atoms with E-state index in [0.29, 0.717) is 22.6 Å². The van der Waals surface area contributed by atoms with Gasteiger partial charge in [-0.15, -0.1) is 0 Å². The van der Waals surface area contributed by atoms with Gasteiger partial charge in [-0.25, -0.2) is 4.98 Å². The van der Waals surface area contributed by atoms with Gasteiger partial charge in [0.05, 0.1) is 11.6 Å². The Labute approximate surface area is 114 Å². The quantitative estimate of drug-likeness (QED) is 0.805. The zero-order valence-corrected chi connectivity index (χ0v) is 11.8. The average Bonchev–Trinajstić information content (AvgIpc) is 2.36. The summed E-state index contributed by atoms with van der Waals surface area (Å²) in [5.74, 6) is 0.650. The zero-order chi connectivity index (χ0) is 13.5. The van der Waals surface area contributed by atoms with Gasteiger partial charge in [0.1, 0.15) is 11.0 Å². The van der Waals surface area contributed by atoms with Crippen molar-refractivity contribution in [3.8, 4) is 6.07 Å². The summed E-state index contributed by atoms with van der Waals surface area (Å²) in [6.07, 6.45) is 1.13. The topological polar surface area (TPSA) is 52.0 Å². The van der Waals surface area contributed by atoms with E-state index in [1.807, 2.05) is 0 Å². The van der Waals surface area contributed by atoms with Crippen LogP contribution in [0.3, 0.4) is 0 Å². The van der Waals surface area contributed by atoms with Crippen LogP contribution in [0.4, 0.5) is 5.82 Å². The summed E-state index contributed by atoms with van der Waals surface area (Å²) in [5.41, 5.74) is 0.521. The highest BCUT2D eigenvalue weighted by Gasteiger charge is 2.06. The van der Waals surface area contributed by atoms with E-state index < -0.39 is 0 Å². The van der Waals surface area contributed by atoms with Gasteiger partial charge < -0.3 is 10.2 Å². The Hall–Kier alpha value is -1.31. The Morgan fingerprint density at radius 2 is 2.28 bits per heavy atom. The molecular formula is C13H19ClN4. The van der Waals surface area contributed by atoms with Crippen LogP contribution in [0, 0.1) is 11.3 Å². The molecule has 0 spiro atoms. The molecule has 98 valence electrons. The van der Waals surface area contributed by atoms with E-state index in [-0.39, 0.29) is 0 Å². The number of nitrogens with zero attached hydrogens (tertiary/aromatic N) is 3. The molecule has 0 aromatic carbocycles. The van der Waals surface area contributed by atoms with Crippen LogP contribution in [-0.2, 0) is 0 Å². The van der Waals surface area contributed by atoms with Gasteiger partial charge in [-0.2, -0.15) is 5.26 Å². The highest BCUT2D eigenvalue weighted by atomic mass is 35.5. The van der Waals surface area contributed by atoms with Crippen molar-refractivity contribution in [1.82, 2.24) is 9.88 Å². The molecule has 1 rings (SSSR count). The highest BCUT2D eigenvalue weighted by Crippen LogP contribution is 2.13. The Morgan fingerprint density at radius 3 is 2.89 bits per heavy atom. The second-order valence-electron chi connectivity index (χ2n) is 4.34. The van der Waals surface area contributed by atoms with Crippen molar-refractivity contribution in [2.24, 2.45) is 0 Å². The maximum absolute atomic E-state index is 8.83. The number of nitriles is 1. The minimum absolute atomic E-state index is 0.340. The summed E-state index contributed by atoms with van der Waals surface area (Å²) < 4.78 is 0. The fourth-order valence-electron chi connectivity index (χ4n) is 1.54. The van der Waals surface area contributed by atoms with Gasteiger partial charge in [0.2, 0.25) is 0 Å². The van der Waals surface area contributed by atoms with Gasteiger partial charge in [-0.3, -0.25) is 0 Å². The molecule has 0 fully saturated rings. The molecule has 1 heterocycles. The number of rotatable bonds is 6. The van der Waals surface area contributed by atoms with E-state index in [2.05, 4.69) is 42.2 Å². The molecule has 1 unspecified atom stereocenters. The minimum Gasteiger partial charge on any atom is -0.369 e. The van der Waals surface area contributed by atoms with E-state index in [1.165, 1.54) is 0 Å². The van der Waals surface area contributed by atoms with Gasteiger partial charge in [0.15, 0.2) is 0 Å². The van der Waals surface area contributed by atoms with Gasteiger partial charge in [0, 0.05) is 19.1 Å². The predicted molar refractivity (Wildman–Crippen MR) is 74.8 cm³/mol. The molecule has 0 saturated heterocycles. The first kappa shape index (κ1) is 14.7. The van der Waals surface area contributed by atoms with Crippen LogP contribution >= 0.6 is 11.6 Å². The van der Waals surface area contributed by atoms with Crippen LogP contribution < -0.4 is 5.32 Å². The van der Waals surface area contributed by atoms with Crippen LogP contribution in [0.15, 0.2) is 12.1 Å². The van der Waals surface area contributed by atoms with Crippen LogP contribution in [0.25, 0.3) is 0 Å². The molecule has 5 heteroatoms. The van der Waals surface area contributed by atoms with Crippen molar-refractivity contribution in [3.63, 3.8) is 0 Å². The van der Waals surface area contributed by atoms with Crippen LogP contribution in [-0.4, -0.2) is 36.1 Å². The first-order valence-electron chi connectivity index (χ1n) is 6.08. The SMILES string of the molecule is CCC(C)N(C)CCNc1cc(C#N)cc(Cl)n1. The van der Waals surface area contributed by atoms with E-state index in [9.17, 15) is 0 Å². The molecular weight excluding hydrogens is 248 g/mol. The fraction of sp³-hybridized carbons (Fsp3) is 0.538. The van der Waals surface area contributed by atoms with Gasteiger partial charge in [-0.1, -0.05) is 18.5 Å². The lowest BCUT2D eigenvalue weighted by Crippen LogP contribution is -2.32. The van der Waals surface area contributed by atoms with Crippen molar-refractivity contribution in [1.29, 1.82) is 5.26 Å². The lowest BCUT2D eigenvalue weighted by Gasteiger charge is -2.23. The molecule has 4 nitrogen and oxygen atoms in total. The average molecular weight is 267 g/mol. The van der Waals surface area contributed by atoms with E-state index in [1.54, 1.807) is 12.1 Å². The van der Waals surface area contributed by atoms with Crippen molar-refractivity contribution in [2.45, 2.75) is 26.3 Å². The molecule has 1 N–H and O–H groups in total. The summed E-state index contributed by atoms with van der Waals surface area (Å²) in [6.45, 7) is 6.07. The standard InChI is InChI=1S/C13H19ClN4/c1-4-10(2)18(3)6-5-16-13-8-11(9-15)7-12(14)17-13/h7-8,10H,4-6H2,1-3H3,(H,16,17). The predicted octanol–water partition coefficient (Wildman–Crippen LogP) is 2.75. The second-order valence-corrected chi connectivity index (χ2v) is 4.73. The molecule has 0 bridgehead atoms. The summed E-state index contributed by atoms with van der Waals surface area (Å²) in [4.78, 5) is 6.41. The van der Waals surface area contributed by atoms with E-state index >= 15 is 0 Å². The first-order valence-corrected chi connectivity index (χ1v) is 6.46. The van der Waals surface area contributed by atoms with Gasteiger partial charge >= 0.3 is 0 Å². The molecule has 0 aliphatic heterocycles. The first-order chi connectivity index (χ1) is 8.56. The minimum atomic E-state index is 0.340. The highest BCUT2D eigenvalue weighted by molar-refractivity contribution is 6.29. The Morgan fingerprint density at radius 1 is 1.56 bits per heavy atom.